The molecule has 7 atom stereocenters. The summed E-state index contributed by atoms with van der Waals surface area (Å²) in [7, 11) is 0. The molecule has 5 rings (SSSR count). The first kappa shape index (κ1) is 15.1. The molecule has 1 N–H and O–H groups in total. The lowest BCUT2D eigenvalue weighted by Crippen LogP contribution is -2.63. The Balaban J connectivity index is 1.79. The molecular formula is C20H26O4. The van der Waals surface area contributed by atoms with Gasteiger partial charge in [-0.25, -0.2) is 0 Å². The quantitative estimate of drug-likeness (QED) is 0.456. The number of esters is 1. The van der Waals surface area contributed by atoms with Crippen molar-refractivity contribution < 1.29 is 19.4 Å². The topological polar surface area (TPSA) is 63.6 Å². The maximum absolute atomic E-state index is 12.7. The van der Waals surface area contributed by atoms with Gasteiger partial charge in [-0.3, -0.25) is 4.79 Å². The Bertz CT molecular complexity index is 671. The van der Waals surface area contributed by atoms with E-state index >= 15 is 0 Å². The van der Waals surface area contributed by atoms with Crippen LogP contribution in [0, 0.1) is 34.0 Å². The lowest BCUT2D eigenvalue weighted by molar-refractivity contribution is -0.212. The minimum Gasteiger partial charge on any atom is -0.465 e. The summed E-state index contributed by atoms with van der Waals surface area (Å²) < 4.78 is 5.68. The van der Waals surface area contributed by atoms with Crippen LogP contribution in [0.5, 0.6) is 0 Å². The zero-order valence-electron chi connectivity index (χ0n) is 14.3. The molecule has 130 valence electrons. The van der Waals surface area contributed by atoms with Crippen LogP contribution in [0.1, 0.15) is 51.9 Å². The average molecular weight is 330 g/mol. The molecule has 0 aromatic rings. The van der Waals surface area contributed by atoms with Crippen molar-refractivity contribution in [3.05, 3.63) is 12.2 Å². The summed E-state index contributed by atoms with van der Waals surface area (Å²) in [6.45, 7) is 6.57. The lowest BCUT2D eigenvalue weighted by Gasteiger charge is -2.56. The standard InChI is InChI=1S/C20H26O4/c1-12-8-19-9-13(12)4-5-14(19)18-7-3-6-17(2,16(22)24-11-18)15(18)20(19,23)10-21/h10,13-15,23H,1,3-9,11H2,2H3/t13-,14+,15-,17+,18-,19+,20-/m1/s1. The van der Waals surface area contributed by atoms with Gasteiger partial charge in [0, 0.05) is 16.7 Å². The van der Waals surface area contributed by atoms with Gasteiger partial charge in [-0.05, 0) is 57.3 Å². The zero-order chi connectivity index (χ0) is 17.0. The summed E-state index contributed by atoms with van der Waals surface area (Å²) >= 11 is 0. The fraction of sp³-hybridized carbons (Fsp3) is 0.800. The van der Waals surface area contributed by atoms with Crippen molar-refractivity contribution in [1.29, 1.82) is 0 Å². The maximum Gasteiger partial charge on any atom is 0.312 e. The highest BCUT2D eigenvalue weighted by molar-refractivity contribution is 5.81. The largest absolute Gasteiger partial charge is 0.465 e. The van der Waals surface area contributed by atoms with Crippen LogP contribution in [-0.4, -0.2) is 29.6 Å². The van der Waals surface area contributed by atoms with Crippen LogP contribution in [0.2, 0.25) is 0 Å². The fourth-order valence-corrected chi connectivity index (χ4v) is 8.16. The molecule has 0 unspecified atom stereocenters. The summed E-state index contributed by atoms with van der Waals surface area (Å²) in [5.74, 6) is 0.160. The molecule has 4 aliphatic carbocycles. The van der Waals surface area contributed by atoms with Gasteiger partial charge in [0.1, 0.15) is 5.60 Å². The molecule has 24 heavy (non-hydrogen) atoms. The molecule has 4 bridgehead atoms. The van der Waals surface area contributed by atoms with Crippen molar-refractivity contribution in [1.82, 2.24) is 0 Å². The second-order valence-corrected chi connectivity index (χ2v) is 9.48. The van der Waals surface area contributed by atoms with E-state index in [1.54, 1.807) is 0 Å². The second kappa shape index (κ2) is 4.14. The number of rotatable bonds is 1. The van der Waals surface area contributed by atoms with E-state index in [1.807, 2.05) is 6.92 Å². The molecule has 1 spiro atoms. The van der Waals surface area contributed by atoms with Crippen molar-refractivity contribution in [2.75, 3.05) is 6.61 Å². The molecule has 4 heteroatoms. The summed E-state index contributed by atoms with van der Waals surface area (Å²) in [5, 5.41) is 11.9. The molecule has 4 saturated carbocycles. The second-order valence-electron chi connectivity index (χ2n) is 9.48. The molecule has 5 aliphatic rings. The zero-order valence-corrected chi connectivity index (χ0v) is 14.3. The van der Waals surface area contributed by atoms with Gasteiger partial charge >= 0.3 is 5.97 Å². The molecule has 0 aromatic carbocycles. The highest BCUT2D eigenvalue weighted by Gasteiger charge is 2.82. The van der Waals surface area contributed by atoms with E-state index in [0.29, 0.717) is 18.9 Å². The van der Waals surface area contributed by atoms with E-state index in [-0.39, 0.29) is 23.2 Å². The summed E-state index contributed by atoms with van der Waals surface area (Å²) in [6, 6.07) is 0. The van der Waals surface area contributed by atoms with E-state index in [2.05, 4.69) is 6.58 Å². The molecule has 1 saturated heterocycles. The Hall–Kier alpha value is -1.16. The van der Waals surface area contributed by atoms with Crippen LogP contribution in [-0.2, 0) is 14.3 Å². The van der Waals surface area contributed by atoms with E-state index in [0.717, 1.165) is 44.8 Å². The third kappa shape index (κ3) is 1.29. The molecule has 1 aliphatic heterocycles. The first-order valence-electron chi connectivity index (χ1n) is 9.38. The van der Waals surface area contributed by atoms with Gasteiger partial charge in [0.2, 0.25) is 0 Å². The molecule has 0 aromatic heterocycles. The Labute approximate surface area is 142 Å². The number of allylic oxidation sites excluding steroid dienone is 1. The first-order chi connectivity index (χ1) is 11.3. The van der Waals surface area contributed by atoms with Gasteiger partial charge in [0.05, 0.1) is 12.0 Å². The van der Waals surface area contributed by atoms with Gasteiger partial charge in [0.25, 0.3) is 0 Å². The number of aldehydes is 1. The number of fused-ring (bicyclic) bond motifs is 1. The Morgan fingerprint density at radius 1 is 1.33 bits per heavy atom. The van der Waals surface area contributed by atoms with Crippen molar-refractivity contribution in [3.63, 3.8) is 0 Å². The Morgan fingerprint density at radius 2 is 2.12 bits per heavy atom. The van der Waals surface area contributed by atoms with Crippen molar-refractivity contribution in [3.8, 4) is 0 Å². The van der Waals surface area contributed by atoms with Crippen LogP contribution < -0.4 is 0 Å². The summed E-state index contributed by atoms with van der Waals surface area (Å²) in [6.07, 6.45) is 7.16. The normalized spacial score (nSPS) is 58.0. The SMILES string of the molecule is C=C1C[C@]23C[C@H]1CC[C@H]2[C@@]12CCC[C@](C)(C(=O)OC1)[C@H]2[C@]3(O)C=O. The monoisotopic (exact) mass is 330 g/mol. The average Bonchev–Trinajstić information content (AvgIpc) is 2.93. The molecule has 0 radical (unpaired) electrons. The highest BCUT2D eigenvalue weighted by Crippen LogP contribution is 2.79. The highest BCUT2D eigenvalue weighted by atomic mass is 16.5. The van der Waals surface area contributed by atoms with Crippen LogP contribution >= 0.6 is 0 Å². The molecular weight excluding hydrogens is 304 g/mol. The van der Waals surface area contributed by atoms with Gasteiger partial charge in [0.15, 0.2) is 6.29 Å². The number of cyclic esters (lactones) is 1. The smallest absolute Gasteiger partial charge is 0.312 e. The van der Waals surface area contributed by atoms with Crippen LogP contribution in [0.3, 0.4) is 0 Å². The van der Waals surface area contributed by atoms with Gasteiger partial charge in [-0.15, -0.1) is 0 Å². The van der Waals surface area contributed by atoms with Crippen LogP contribution in [0.15, 0.2) is 12.2 Å². The minimum atomic E-state index is -1.43. The predicted octanol–water partition coefficient (Wildman–Crippen LogP) is 2.64. The van der Waals surface area contributed by atoms with E-state index in [4.69, 9.17) is 4.74 Å². The number of carbonyl (C=O) groups excluding carboxylic acids is 2. The Morgan fingerprint density at radius 3 is 2.88 bits per heavy atom. The maximum atomic E-state index is 12.7. The van der Waals surface area contributed by atoms with Gasteiger partial charge < -0.3 is 14.6 Å². The third-order valence-electron chi connectivity index (χ3n) is 8.80. The molecule has 1 heterocycles. The molecule has 4 nitrogen and oxygen atoms in total. The van der Waals surface area contributed by atoms with Crippen molar-refractivity contribution in [2.45, 2.75) is 57.5 Å². The summed E-state index contributed by atoms with van der Waals surface area (Å²) in [5.41, 5.74) is -1.63. The van der Waals surface area contributed by atoms with Crippen molar-refractivity contribution in [2.24, 2.45) is 34.0 Å². The van der Waals surface area contributed by atoms with E-state index < -0.39 is 16.4 Å². The third-order valence-corrected chi connectivity index (χ3v) is 8.80. The number of aliphatic hydroxyl groups is 1. The number of ether oxygens (including phenoxy) is 1. The Kier molecular flexibility index (Phi) is 2.61. The minimum absolute atomic E-state index is 0.216. The van der Waals surface area contributed by atoms with Crippen molar-refractivity contribution >= 4 is 12.3 Å². The molecule has 5 fully saturated rings. The van der Waals surface area contributed by atoms with Crippen LogP contribution in [0.25, 0.3) is 0 Å². The molecule has 0 amide bonds. The number of hydrogen-bond acceptors (Lipinski definition) is 4. The van der Waals surface area contributed by atoms with Crippen LogP contribution in [0.4, 0.5) is 0 Å². The number of carbonyl (C=O) groups is 2. The fourth-order valence-electron chi connectivity index (χ4n) is 8.16. The van der Waals surface area contributed by atoms with Gasteiger partial charge in [-0.2, -0.15) is 0 Å². The lowest BCUT2D eigenvalue weighted by atomic mass is 9.51. The van der Waals surface area contributed by atoms with Gasteiger partial charge in [-0.1, -0.05) is 18.6 Å². The number of hydrogen-bond donors (Lipinski definition) is 1. The van der Waals surface area contributed by atoms with E-state index in [1.165, 1.54) is 5.57 Å². The summed E-state index contributed by atoms with van der Waals surface area (Å²) in [4.78, 5) is 25.0. The van der Waals surface area contributed by atoms with E-state index in [9.17, 15) is 14.7 Å². The predicted molar refractivity (Wildman–Crippen MR) is 86.9 cm³/mol. The first-order valence-corrected chi connectivity index (χ1v) is 9.38.